The first kappa shape index (κ1) is 29.4. The summed E-state index contributed by atoms with van der Waals surface area (Å²) in [4.78, 5) is 65.9. The van der Waals surface area contributed by atoms with Crippen molar-refractivity contribution in [1.82, 2.24) is 36.6 Å². The Morgan fingerprint density at radius 3 is 2.49 bits per heavy atom. The van der Waals surface area contributed by atoms with E-state index in [1.54, 1.807) is 31.2 Å². The molecule has 1 aliphatic heterocycles. The molecule has 1 aromatic carbocycles. The number of amides is 4. The predicted octanol–water partition coefficient (Wildman–Crippen LogP) is 0.0879. The number of carbonyl (C=O) groups excluding carboxylic acids is 4. The summed E-state index contributed by atoms with van der Waals surface area (Å²) in [6, 6.07) is 5.33. The smallest absolute Gasteiger partial charge is 0.307 e. The Morgan fingerprint density at radius 1 is 1.07 bits per heavy atom. The number of allylic oxidation sites excluding steroid dienone is 2. The number of aliphatic carboxylic acids is 1. The number of nitrogens with one attached hydrogen (secondary N) is 4. The molecule has 2 aromatic rings. The molecule has 0 spiro atoms. The van der Waals surface area contributed by atoms with Crippen LogP contribution >= 0.6 is 0 Å². The van der Waals surface area contributed by atoms with Crippen molar-refractivity contribution >= 4 is 35.3 Å². The van der Waals surface area contributed by atoms with Crippen LogP contribution in [0.1, 0.15) is 44.5 Å². The van der Waals surface area contributed by atoms with Crippen LogP contribution in [0.15, 0.2) is 36.4 Å². The van der Waals surface area contributed by atoms with Crippen molar-refractivity contribution < 1.29 is 29.1 Å². The van der Waals surface area contributed by atoms with Gasteiger partial charge in [-0.2, -0.15) is 5.21 Å². The Bertz CT molecular complexity index is 1310. The fourth-order valence-electron chi connectivity index (χ4n) is 5.14. The van der Waals surface area contributed by atoms with Crippen molar-refractivity contribution in [3.63, 3.8) is 0 Å². The second kappa shape index (κ2) is 13.2. The van der Waals surface area contributed by atoms with Crippen LogP contribution in [0.2, 0.25) is 0 Å². The maximum Gasteiger partial charge on any atom is 0.307 e. The Labute approximate surface area is 236 Å². The molecule has 0 bridgehead atoms. The molecule has 1 aliphatic carbocycles. The zero-order valence-electron chi connectivity index (χ0n) is 22.9. The summed E-state index contributed by atoms with van der Waals surface area (Å²) in [5.74, 6) is -4.72. The van der Waals surface area contributed by atoms with Crippen molar-refractivity contribution in [3.05, 3.63) is 47.8 Å². The van der Waals surface area contributed by atoms with E-state index in [4.69, 9.17) is 0 Å². The van der Waals surface area contributed by atoms with Crippen LogP contribution in [0.5, 0.6) is 0 Å². The number of benzene rings is 1. The van der Waals surface area contributed by atoms with Crippen LogP contribution in [-0.4, -0.2) is 74.0 Å². The molecule has 1 aromatic heterocycles. The predicted molar refractivity (Wildman–Crippen MR) is 145 cm³/mol. The van der Waals surface area contributed by atoms with Gasteiger partial charge in [-0.25, -0.2) is 0 Å². The number of aromatic nitrogens is 4. The molecule has 4 rings (SSSR count). The minimum Gasteiger partial charge on any atom is -0.481 e. The highest BCUT2D eigenvalue weighted by Gasteiger charge is 2.39. The summed E-state index contributed by atoms with van der Waals surface area (Å²) in [5.41, 5.74) is 1.38. The van der Waals surface area contributed by atoms with Crippen molar-refractivity contribution in [3.8, 4) is 0 Å². The molecule has 0 radical (unpaired) electrons. The van der Waals surface area contributed by atoms with Gasteiger partial charge >= 0.3 is 5.97 Å². The van der Waals surface area contributed by atoms with E-state index in [0.29, 0.717) is 18.5 Å². The van der Waals surface area contributed by atoms with E-state index in [1.807, 2.05) is 19.1 Å². The first-order valence-electron chi connectivity index (χ1n) is 13.6. The second-order valence-electron chi connectivity index (χ2n) is 10.2. The van der Waals surface area contributed by atoms with Gasteiger partial charge in [0.2, 0.25) is 23.6 Å². The van der Waals surface area contributed by atoms with Crippen LogP contribution in [0.25, 0.3) is 0 Å². The summed E-state index contributed by atoms with van der Waals surface area (Å²) in [6.07, 6.45) is 4.86. The van der Waals surface area contributed by atoms with Crippen molar-refractivity contribution in [2.45, 2.75) is 58.2 Å². The SMILES string of the molecule is CC[C@H](C)[C@H](NC(=O)[C@@H]1CC=CC[C@@H]1C(=O)O)C(=O)NCC(=O)N1c2ccccc2C[C@H]1C(=O)NCc1nn[nH]n1. The lowest BCUT2D eigenvalue weighted by atomic mass is 9.82. The van der Waals surface area contributed by atoms with Gasteiger partial charge in [0.05, 0.1) is 24.9 Å². The molecule has 2 aliphatic rings. The van der Waals surface area contributed by atoms with Gasteiger partial charge in [-0.15, -0.1) is 10.2 Å². The van der Waals surface area contributed by atoms with Crippen molar-refractivity contribution in [2.24, 2.45) is 17.8 Å². The fraction of sp³-hybridized carbons (Fsp3) is 0.481. The van der Waals surface area contributed by atoms with Gasteiger partial charge in [-0.05, 0) is 30.4 Å². The molecule has 5 N–H and O–H groups in total. The molecule has 2 heterocycles. The molecule has 218 valence electrons. The standard InChI is InChI=1S/C27H34N8O6/c1-3-15(2)23(30-24(37)17-9-5-6-10-18(17)27(40)41)26(39)29-14-22(36)35-19-11-7-4-8-16(19)12-20(35)25(38)28-13-21-31-33-34-32-21/h4-8,11,15,17-18,20,23H,3,9-10,12-14H2,1-2H3,(H,28,38)(H,29,39)(H,30,37)(H,40,41)(H,31,32,33,34)/t15-,17+,18-,20-,23-/m0/s1. The van der Waals surface area contributed by atoms with Crippen molar-refractivity contribution in [2.75, 3.05) is 11.4 Å². The van der Waals surface area contributed by atoms with Crippen LogP contribution < -0.4 is 20.9 Å². The minimum atomic E-state index is -1.06. The van der Waals surface area contributed by atoms with E-state index in [1.165, 1.54) is 4.90 Å². The topological polar surface area (TPSA) is 199 Å². The number of hydrogen-bond donors (Lipinski definition) is 5. The van der Waals surface area contributed by atoms with Gasteiger partial charge in [-0.1, -0.05) is 55.8 Å². The van der Waals surface area contributed by atoms with E-state index in [9.17, 15) is 29.1 Å². The molecule has 4 amide bonds. The number of aromatic amines is 1. The summed E-state index contributed by atoms with van der Waals surface area (Å²) >= 11 is 0. The third kappa shape index (κ3) is 6.76. The lowest BCUT2D eigenvalue weighted by Gasteiger charge is -2.29. The van der Waals surface area contributed by atoms with E-state index >= 15 is 0 Å². The summed E-state index contributed by atoms with van der Waals surface area (Å²) in [5, 5.41) is 31.0. The van der Waals surface area contributed by atoms with E-state index < -0.39 is 60.1 Å². The number of para-hydroxylation sites is 1. The first-order chi connectivity index (χ1) is 19.7. The Kier molecular flexibility index (Phi) is 9.42. The van der Waals surface area contributed by atoms with Gasteiger partial charge in [0.15, 0.2) is 5.82 Å². The van der Waals surface area contributed by atoms with Crippen LogP contribution in [0.4, 0.5) is 5.69 Å². The number of rotatable bonds is 11. The minimum absolute atomic E-state index is 0.0246. The molecule has 0 saturated carbocycles. The number of anilines is 1. The van der Waals surface area contributed by atoms with Crippen LogP contribution in [0.3, 0.4) is 0 Å². The molecular formula is C27H34N8O6. The van der Waals surface area contributed by atoms with Gasteiger partial charge in [0.1, 0.15) is 12.1 Å². The third-order valence-corrected chi connectivity index (χ3v) is 7.65. The van der Waals surface area contributed by atoms with E-state index in [-0.39, 0.29) is 31.1 Å². The molecule has 5 atom stereocenters. The molecular weight excluding hydrogens is 532 g/mol. The summed E-state index contributed by atoms with van der Waals surface area (Å²) in [6.45, 7) is 3.28. The number of nitrogens with zero attached hydrogens (tertiary/aromatic N) is 4. The van der Waals surface area contributed by atoms with E-state index in [2.05, 4.69) is 36.6 Å². The number of carbonyl (C=O) groups is 5. The highest BCUT2D eigenvalue weighted by atomic mass is 16.4. The molecule has 0 fully saturated rings. The highest BCUT2D eigenvalue weighted by Crippen LogP contribution is 2.32. The maximum atomic E-state index is 13.4. The van der Waals surface area contributed by atoms with Crippen LogP contribution in [0, 0.1) is 17.8 Å². The number of tetrazole rings is 1. The first-order valence-corrected chi connectivity index (χ1v) is 13.6. The Balaban J connectivity index is 1.43. The quantitative estimate of drug-likeness (QED) is 0.234. The molecule has 41 heavy (non-hydrogen) atoms. The zero-order valence-corrected chi connectivity index (χ0v) is 22.9. The molecule has 14 nitrogen and oxygen atoms in total. The second-order valence-corrected chi connectivity index (χ2v) is 10.2. The number of H-pyrrole nitrogens is 1. The highest BCUT2D eigenvalue weighted by molar-refractivity contribution is 6.05. The van der Waals surface area contributed by atoms with E-state index in [0.717, 1.165) is 5.56 Å². The van der Waals surface area contributed by atoms with Crippen LogP contribution in [-0.2, 0) is 36.9 Å². The largest absolute Gasteiger partial charge is 0.481 e. The Morgan fingerprint density at radius 2 is 1.80 bits per heavy atom. The van der Waals surface area contributed by atoms with Gasteiger partial charge < -0.3 is 21.1 Å². The number of carboxylic acid groups (broad SMARTS) is 1. The summed E-state index contributed by atoms with van der Waals surface area (Å²) < 4.78 is 0. The molecule has 0 unspecified atom stereocenters. The van der Waals surface area contributed by atoms with Gasteiger partial charge in [0, 0.05) is 12.1 Å². The average molecular weight is 567 g/mol. The van der Waals surface area contributed by atoms with Gasteiger partial charge in [-0.3, -0.25) is 28.9 Å². The lowest BCUT2D eigenvalue weighted by Crippen LogP contribution is -2.55. The third-order valence-electron chi connectivity index (χ3n) is 7.65. The number of carboxylic acids is 1. The lowest BCUT2D eigenvalue weighted by molar-refractivity contribution is -0.147. The van der Waals surface area contributed by atoms with Gasteiger partial charge in [0.25, 0.3) is 0 Å². The number of hydrogen-bond acceptors (Lipinski definition) is 8. The monoisotopic (exact) mass is 566 g/mol. The average Bonchev–Trinajstić information content (AvgIpc) is 3.65. The maximum absolute atomic E-state index is 13.4. The zero-order chi connectivity index (χ0) is 29.5. The molecule has 14 heteroatoms. The normalized spacial score (nSPS) is 20.9. The number of fused-ring (bicyclic) bond motifs is 1. The Hall–Kier alpha value is -4.62. The molecule has 0 saturated heterocycles. The summed E-state index contributed by atoms with van der Waals surface area (Å²) in [7, 11) is 0. The van der Waals surface area contributed by atoms with Crippen molar-refractivity contribution in [1.29, 1.82) is 0 Å². The fourth-order valence-corrected chi connectivity index (χ4v) is 5.14.